The minimum Gasteiger partial charge on any atom is -0.342 e. The number of nitrogens with zero attached hydrogens (tertiary/aromatic N) is 1. The average Bonchev–Trinajstić information content (AvgIpc) is 3.04. The highest BCUT2D eigenvalue weighted by Gasteiger charge is 2.44. The normalized spacial score (nSPS) is 24.5. The molecule has 1 aliphatic carbocycles. The quantitative estimate of drug-likeness (QED) is 0.928. The van der Waals surface area contributed by atoms with Crippen molar-refractivity contribution in [2.24, 2.45) is 11.7 Å². The molecular weight excluding hydrogens is 296 g/mol. The van der Waals surface area contributed by atoms with Gasteiger partial charge in [0.15, 0.2) is 0 Å². The van der Waals surface area contributed by atoms with Crippen LogP contribution in [0.2, 0.25) is 5.02 Å². The third kappa shape index (κ3) is 2.89. The van der Waals surface area contributed by atoms with Gasteiger partial charge in [0.1, 0.15) is 0 Å². The van der Waals surface area contributed by atoms with Crippen LogP contribution in [0.25, 0.3) is 0 Å². The second-order valence-electron chi connectivity index (χ2n) is 6.79. The molecule has 1 heterocycles. The fourth-order valence-corrected chi connectivity index (χ4v) is 4.19. The van der Waals surface area contributed by atoms with Crippen LogP contribution in [-0.4, -0.2) is 30.4 Å². The van der Waals surface area contributed by atoms with Gasteiger partial charge in [-0.25, -0.2) is 0 Å². The molecule has 3 nitrogen and oxygen atoms in total. The van der Waals surface area contributed by atoms with E-state index in [2.05, 4.69) is 4.90 Å². The Kier molecular flexibility index (Phi) is 4.74. The van der Waals surface area contributed by atoms with Gasteiger partial charge in [0.25, 0.3) is 0 Å². The predicted octanol–water partition coefficient (Wildman–Crippen LogP) is 3.35. The first-order chi connectivity index (χ1) is 10.7. The lowest BCUT2D eigenvalue weighted by Crippen LogP contribution is -2.47. The van der Waals surface area contributed by atoms with Crippen molar-refractivity contribution in [2.75, 3.05) is 19.6 Å². The first kappa shape index (κ1) is 15.8. The van der Waals surface area contributed by atoms with Crippen molar-refractivity contribution in [3.05, 3.63) is 34.9 Å². The Labute approximate surface area is 137 Å². The summed E-state index contributed by atoms with van der Waals surface area (Å²) in [5.74, 6) is 0.778. The minimum absolute atomic E-state index is 0.311. The molecule has 2 aliphatic rings. The van der Waals surface area contributed by atoms with Gasteiger partial charge >= 0.3 is 0 Å². The van der Waals surface area contributed by atoms with Gasteiger partial charge in [-0.3, -0.25) is 4.79 Å². The van der Waals surface area contributed by atoms with Crippen molar-refractivity contribution in [3.63, 3.8) is 0 Å². The third-order valence-corrected chi connectivity index (χ3v) is 5.67. The van der Waals surface area contributed by atoms with Crippen LogP contribution in [0.4, 0.5) is 0 Å². The minimum atomic E-state index is -0.341. The van der Waals surface area contributed by atoms with Gasteiger partial charge in [0.2, 0.25) is 5.91 Å². The fourth-order valence-electron chi connectivity index (χ4n) is 4.06. The van der Waals surface area contributed by atoms with Crippen molar-refractivity contribution in [1.82, 2.24) is 4.90 Å². The molecule has 1 aromatic carbocycles. The summed E-state index contributed by atoms with van der Waals surface area (Å²) in [5, 5.41) is 0.728. The van der Waals surface area contributed by atoms with Gasteiger partial charge in [-0.15, -0.1) is 0 Å². The van der Waals surface area contributed by atoms with Crippen LogP contribution in [0, 0.1) is 5.92 Å². The second-order valence-corrected chi connectivity index (χ2v) is 7.23. The molecule has 1 amide bonds. The molecule has 1 saturated carbocycles. The largest absolute Gasteiger partial charge is 0.342 e. The zero-order valence-corrected chi connectivity index (χ0v) is 13.8. The average molecular weight is 321 g/mol. The summed E-state index contributed by atoms with van der Waals surface area (Å²) in [5.41, 5.74) is 6.58. The topological polar surface area (TPSA) is 46.3 Å². The molecule has 120 valence electrons. The van der Waals surface area contributed by atoms with E-state index in [1.54, 1.807) is 0 Å². The summed E-state index contributed by atoms with van der Waals surface area (Å²) in [7, 11) is 0. The number of nitrogens with two attached hydrogens (primary N) is 1. The molecule has 1 aromatic rings. The van der Waals surface area contributed by atoms with Crippen LogP contribution in [0.5, 0.6) is 0 Å². The Morgan fingerprint density at radius 2 is 1.91 bits per heavy atom. The van der Waals surface area contributed by atoms with Gasteiger partial charge in [0, 0.05) is 18.1 Å². The molecule has 0 aromatic heterocycles. The van der Waals surface area contributed by atoms with Crippen LogP contribution < -0.4 is 5.73 Å². The lowest BCUT2D eigenvalue weighted by molar-refractivity contribution is -0.138. The standard InChI is InChI=1S/C18H25ClN2O/c19-16-6-4-15(5-7-16)18(9-2-1-3-10-18)17(22)21-11-8-14(12-20)13-21/h4-7,14H,1-3,8-13,20H2. The number of carbonyl (C=O) groups excluding carboxylic acids is 1. The van der Waals surface area contributed by atoms with Crippen molar-refractivity contribution in [3.8, 4) is 0 Å². The Morgan fingerprint density at radius 1 is 1.23 bits per heavy atom. The summed E-state index contributed by atoms with van der Waals surface area (Å²) in [6.07, 6.45) is 6.44. The van der Waals surface area contributed by atoms with Crippen LogP contribution in [0.1, 0.15) is 44.1 Å². The van der Waals surface area contributed by atoms with Crippen molar-refractivity contribution in [1.29, 1.82) is 0 Å². The van der Waals surface area contributed by atoms with E-state index in [1.165, 1.54) is 6.42 Å². The highest BCUT2D eigenvalue weighted by Crippen LogP contribution is 2.42. The zero-order valence-electron chi connectivity index (χ0n) is 13.1. The van der Waals surface area contributed by atoms with E-state index in [1.807, 2.05) is 24.3 Å². The first-order valence-corrected chi connectivity index (χ1v) is 8.79. The number of hydrogen-bond donors (Lipinski definition) is 1. The number of carbonyl (C=O) groups is 1. The molecule has 0 bridgehead atoms. The van der Waals surface area contributed by atoms with Gasteiger partial charge in [-0.05, 0) is 49.4 Å². The van der Waals surface area contributed by atoms with E-state index in [0.717, 1.165) is 55.8 Å². The van der Waals surface area contributed by atoms with Gasteiger partial charge < -0.3 is 10.6 Å². The van der Waals surface area contributed by atoms with E-state index in [9.17, 15) is 4.79 Å². The third-order valence-electron chi connectivity index (χ3n) is 5.42. The van der Waals surface area contributed by atoms with Crippen LogP contribution in [0.15, 0.2) is 24.3 Å². The number of benzene rings is 1. The number of hydrogen-bond acceptors (Lipinski definition) is 2. The number of rotatable bonds is 3. The van der Waals surface area contributed by atoms with E-state index in [0.29, 0.717) is 18.4 Å². The molecule has 0 radical (unpaired) electrons. The SMILES string of the molecule is NCC1CCN(C(=O)C2(c3ccc(Cl)cc3)CCCCC2)C1. The molecule has 2 N–H and O–H groups in total. The smallest absolute Gasteiger partial charge is 0.233 e. The molecule has 22 heavy (non-hydrogen) atoms. The Morgan fingerprint density at radius 3 is 2.50 bits per heavy atom. The van der Waals surface area contributed by atoms with Gasteiger partial charge in [0.05, 0.1) is 5.41 Å². The van der Waals surface area contributed by atoms with E-state index in [-0.39, 0.29) is 5.41 Å². The Balaban J connectivity index is 1.89. The van der Waals surface area contributed by atoms with Crippen LogP contribution in [0.3, 0.4) is 0 Å². The summed E-state index contributed by atoms with van der Waals surface area (Å²) < 4.78 is 0. The molecular formula is C18H25ClN2O. The number of amides is 1. The van der Waals surface area contributed by atoms with Crippen molar-refractivity contribution < 1.29 is 4.79 Å². The molecule has 1 atom stereocenters. The Hall–Kier alpha value is -1.06. The van der Waals surface area contributed by atoms with Crippen LogP contribution in [-0.2, 0) is 10.2 Å². The van der Waals surface area contributed by atoms with E-state index in [4.69, 9.17) is 17.3 Å². The molecule has 2 fully saturated rings. The monoisotopic (exact) mass is 320 g/mol. The molecule has 1 saturated heterocycles. The maximum atomic E-state index is 13.3. The lowest BCUT2D eigenvalue weighted by Gasteiger charge is -2.39. The van der Waals surface area contributed by atoms with Crippen molar-refractivity contribution in [2.45, 2.75) is 43.9 Å². The molecule has 1 unspecified atom stereocenters. The number of halogens is 1. The van der Waals surface area contributed by atoms with Gasteiger partial charge in [-0.1, -0.05) is 43.0 Å². The Bertz CT molecular complexity index is 522. The molecule has 1 aliphatic heterocycles. The summed E-state index contributed by atoms with van der Waals surface area (Å²) in [6, 6.07) is 7.91. The lowest BCUT2D eigenvalue weighted by atomic mass is 9.68. The highest BCUT2D eigenvalue weighted by molar-refractivity contribution is 6.30. The highest BCUT2D eigenvalue weighted by atomic mass is 35.5. The maximum Gasteiger partial charge on any atom is 0.233 e. The van der Waals surface area contributed by atoms with Crippen molar-refractivity contribution >= 4 is 17.5 Å². The zero-order chi connectivity index (χ0) is 15.6. The summed E-state index contributed by atoms with van der Waals surface area (Å²) >= 11 is 6.03. The maximum absolute atomic E-state index is 13.3. The van der Waals surface area contributed by atoms with E-state index < -0.39 is 0 Å². The summed E-state index contributed by atoms with van der Waals surface area (Å²) in [6.45, 7) is 2.36. The second kappa shape index (κ2) is 6.59. The summed E-state index contributed by atoms with van der Waals surface area (Å²) in [4.78, 5) is 15.4. The molecule has 0 spiro atoms. The molecule has 4 heteroatoms. The number of likely N-dealkylation sites (tertiary alicyclic amines) is 1. The van der Waals surface area contributed by atoms with Crippen LogP contribution >= 0.6 is 11.6 Å². The van der Waals surface area contributed by atoms with E-state index >= 15 is 0 Å². The fraction of sp³-hybridized carbons (Fsp3) is 0.611. The predicted molar refractivity (Wildman–Crippen MR) is 90.0 cm³/mol. The first-order valence-electron chi connectivity index (χ1n) is 8.41. The molecule has 3 rings (SSSR count). The van der Waals surface area contributed by atoms with Gasteiger partial charge in [-0.2, -0.15) is 0 Å².